The first kappa shape index (κ1) is 18.2. The average molecular weight is 327 g/mol. The molecule has 4 heteroatoms. The van der Waals surface area contributed by atoms with E-state index in [1.165, 1.54) is 0 Å². The number of rotatable bonds is 11. The molecule has 0 aliphatic heterocycles. The maximum absolute atomic E-state index is 9.88. The van der Waals surface area contributed by atoms with E-state index in [0.29, 0.717) is 26.2 Å². The lowest BCUT2D eigenvalue weighted by Gasteiger charge is -2.10. The summed E-state index contributed by atoms with van der Waals surface area (Å²) in [4.78, 5) is 5.22. The molecule has 0 saturated carbocycles. The highest BCUT2D eigenvalue weighted by molar-refractivity contribution is 5.56. The minimum absolute atomic E-state index is 0.358. The molecule has 2 aromatic carbocycles. The van der Waals surface area contributed by atoms with Gasteiger partial charge in [-0.15, -0.1) is 0 Å². The maximum atomic E-state index is 9.88. The lowest BCUT2D eigenvalue weighted by atomic mass is 10.2. The highest BCUT2D eigenvalue weighted by Crippen LogP contribution is 2.05. The molecule has 4 nitrogen and oxygen atoms in total. The average Bonchev–Trinajstić information content (AvgIpc) is 2.63. The Balaban J connectivity index is 1.47. The standard InChI is InChI=1S/C20H25NO3/c22-20(17-23-15-18-9-3-1-4-10-18)13-7-8-14-21-24-16-19-11-5-2-6-12-19/h1-6,9-12,14,20,22H,7-8,13,15-17H2/b21-14+. The zero-order valence-electron chi connectivity index (χ0n) is 13.9. The third-order valence-corrected chi connectivity index (χ3v) is 3.52. The molecule has 0 saturated heterocycles. The Morgan fingerprint density at radius 2 is 1.54 bits per heavy atom. The van der Waals surface area contributed by atoms with Crippen LogP contribution in [0, 0.1) is 0 Å². The minimum Gasteiger partial charge on any atom is -0.391 e. The molecule has 1 N–H and O–H groups in total. The molecule has 0 aliphatic rings. The van der Waals surface area contributed by atoms with Gasteiger partial charge in [-0.1, -0.05) is 65.8 Å². The SMILES string of the molecule is OC(CCC/C=N/OCc1ccccc1)COCc1ccccc1. The van der Waals surface area contributed by atoms with Crippen molar-refractivity contribution in [2.45, 2.75) is 38.6 Å². The van der Waals surface area contributed by atoms with Gasteiger partial charge < -0.3 is 14.7 Å². The highest BCUT2D eigenvalue weighted by atomic mass is 16.6. The summed E-state index contributed by atoms with van der Waals surface area (Å²) >= 11 is 0. The fourth-order valence-electron chi connectivity index (χ4n) is 2.21. The van der Waals surface area contributed by atoms with Crippen LogP contribution in [0.15, 0.2) is 65.8 Å². The molecule has 1 unspecified atom stereocenters. The van der Waals surface area contributed by atoms with Gasteiger partial charge in [0.05, 0.1) is 19.3 Å². The van der Waals surface area contributed by atoms with Crippen molar-refractivity contribution in [1.82, 2.24) is 0 Å². The van der Waals surface area contributed by atoms with Crippen LogP contribution >= 0.6 is 0 Å². The van der Waals surface area contributed by atoms with E-state index in [9.17, 15) is 5.11 Å². The summed E-state index contributed by atoms with van der Waals surface area (Å²) in [6, 6.07) is 19.9. The van der Waals surface area contributed by atoms with Gasteiger partial charge in [-0.3, -0.25) is 0 Å². The first-order valence-corrected chi connectivity index (χ1v) is 8.32. The van der Waals surface area contributed by atoms with E-state index in [2.05, 4.69) is 5.16 Å². The van der Waals surface area contributed by atoms with Crippen LogP contribution < -0.4 is 0 Å². The van der Waals surface area contributed by atoms with Crippen LogP contribution in [-0.4, -0.2) is 24.0 Å². The van der Waals surface area contributed by atoms with Gasteiger partial charge in [-0.25, -0.2) is 0 Å². The zero-order chi connectivity index (χ0) is 16.9. The lowest BCUT2D eigenvalue weighted by Crippen LogP contribution is -2.15. The number of aliphatic hydroxyl groups is 1. The smallest absolute Gasteiger partial charge is 0.142 e. The number of benzene rings is 2. The van der Waals surface area contributed by atoms with Crippen LogP contribution in [0.25, 0.3) is 0 Å². The van der Waals surface area contributed by atoms with Crippen molar-refractivity contribution >= 4 is 6.21 Å². The molecular formula is C20H25NO3. The van der Waals surface area contributed by atoms with Crippen LogP contribution in [0.4, 0.5) is 0 Å². The van der Waals surface area contributed by atoms with Gasteiger partial charge in [-0.05, 0) is 30.4 Å². The van der Waals surface area contributed by atoms with Crippen LogP contribution in [-0.2, 0) is 22.8 Å². The molecule has 0 heterocycles. The van der Waals surface area contributed by atoms with Crippen LogP contribution in [0.1, 0.15) is 30.4 Å². The quantitative estimate of drug-likeness (QED) is 0.386. The fourth-order valence-corrected chi connectivity index (χ4v) is 2.21. The van der Waals surface area contributed by atoms with Gasteiger partial charge in [0.1, 0.15) is 6.61 Å². The molecule has 24 heavy (non-hydrogen) atoms. The fraction of sp³-hybridized carbons (Fsp3) is 0.350. The first-order valence-electron chi connectivity index (χ1n) is 8.32. The number of ether oxygens (including phenoxy) is 1. The van der Waals surface area contributed by atoms with Crippen LogP contribution in [0.5, 0.6) is 0 Å². The number of hydrogen-bond donors (Lipinski definition) is 1. The number of nitrogens with zero attached hydrogens (tertiary/aromatic N) is 1. The van der Waals surface area contributed by atoms with Gasteiger partial charge in [0.2, 0.25) is 0 Å². The molecule has 0 bridgehead atoms. The predicted molar refractivity (Wildman–Crippen MR) is 95.7 cm³/mol. The van der Waals surface area contributed by atoms with E-state index in [1.807, 2.05) is 60.7 Å². The number of aliphatic hydroxyl groups excluding tert-OH is 1. The largest absolute Gasteiger partial charge is 0.391 e. The predicted octanol–water partition coefficient (Wildman–Crippen LogP) is 3.94. The van der Waals surface area contributed by atoms with E-state index in [0.717, 1.165) is 24.0 Å². The second-order valence-electron chi connectivity index (χ2n) is 5.63. The molecule has 0 spiro atoms. The Morgan fingerprint density at radius 1 is 0.917 bits per heavy atom. The van der Waals surface area contributed by atoms with E-state index in [4.69, 9.17) is 9.57 Å². The number of unbranched alkanes of at least 4 members (excludes halogenated alkanes) is 1. The van der Waals surface area contributed by atoms with Crippen LogP contribution in [0.3, 0.4) is 0 Å². The van der Waals surface area contributed by atoms with E-state index in [-0.39, 0.29) is 0 Å². The second kappa shape index (κ2) is 11.4. The number of oxime groups is 1. The summed E-state index contributed by atoms with van der Waals surface area (Å²) in [5.74, 6) is 0. The lowest BCUT2D eigenvalue weighted by molar-refractivity contribution is 0.0239. The van der Waals surface area contributed by atoms with Crippen molar-refractivity contribution in [3.05, 3.63) is 71.8 Å². The monoisotopic (exact) mass is 327 g/mol. The third kappa shape index (κ3) is 7.90. The summed E-state index contributed by atoms with van der Waals surface area (Å²) in [5.41, 5.74) is 2.22. The van der Waals surface area contributed by atoms with Gasteiger partial charge in [-0.2, -0.15) is 0 Å². The minimum atomic E-state index is -0.438. The molecular weight excluding hydrogens is 302 g/mol. The van der Waals surface area contributed by atoms with Crippen molar-refractivity contribution in [2.24, 2.45) is 5.16 Å². The molecule has 0 fully saturated rings. The van der Waals surface area contributed by atoms with Crippen LogP contribution in [0.2, 0.25) is 0 Å². The molecule has 0 aliphatic carbocycles. The van der Waals surface area contributed by atoms with Gasteiger partial charge in [0.15, 0.2) is 0 Å². The Labute approximate surface area is 143 Å². The Hall–Kier alpha value is -2.17. The summed E-state index contributed by atoms with van der Waals surface area (Å²) in [6.07, 6.45) is 3.64. The molecule has 0 amide bonds. The van der Waals surface area contributed by atoms with Gasteiger partial charge >= 0.3 is 0 Å². The van der Waals surface area contributed by atoms with E-state index >= 15 is 0 Å². The summed E-state index contributed by atoms with van der Waals surface area (Å²) in [7, 11) is 0. The first-order chi connectivity index (χ1) is 11.8. The van der Waals surface area contributed by atoms with Crippen molar-refractivity contribution in [3.8, 4) is 0 Å². The summed E-state index contributed by atoms with van der Waals surface area (Å²) in [5, 5.41) is 13.8. The molecule has 128 valence electrons. The molecule has 2 rings (SSSR count). The number of hydrogen-bond acceptors (Lipinski definition) is 4. The summed E-state index contributed by atoms with van der Waals surface area (Å²) in [6.45, 7) is 1.37. The van der Waals surface area contributed by atoms with Gasteiger partial charge in [0.25, 0.3) is 0 Å². The van der Waals surface area contributed by atoms with E-state index in [1.54, 1.807) is 6.21 Å². The topological polar surface area (TPSA) is 51.1 Å². The van der Waals surface area contributed by atoms with Crippen molar-refractivity contribution in [2.75, 3.05) is 6.61 Å². The Kier molecular flexibility index (Phi) is 8.62. The molecule has 1 atom stereocenters. The zero-order valence-corrected chi connectivity index (χ0v) is 13.9. The van der Waals surface area contributed by atoms with E-state index < -0.39 is 6.10 Å². The van der Waals surface area contributed by atoms with Crippen molar-refractivity contribution in [1.29, 1.82) is 0 Å². The highest BCUT2D eigenvalue weighted by Gasteiger charge is 2.03. The van der Waals surface area contributed by atoms with Crippen molar-refractivity contribution in [3.63, 3.8) is 0 Å². The molecule has 2 aromatic rings. The molecule has 0 radical (unpaired) electrons. The Bertz CT molecular complexity index is 572. The van der Waals surface area contributed by atoms with Gasteiger partial charge in [0, 0.05) is 6.21 Å². The third-order valence-electron chi connectivity index (χ3n) is 3.52. The normalized spacial score (nSPS) is 12.4. The second-order valence-corrected chi connectivity index (χ2v) is 5.63. The summed E-state index contributed by atoms with van der Waals surface area (Å²) < 4.78 is 5.52. The Morgan fingerprint density at radius 3 is 2.21 bits per heavy atom. The maximum Gasteiger partial charge on any atom is 0.142 e. The van der Waals surface area contributed by atoms with Crippen molar-refractivity contribution < 1.29 is 14.7 Å². The molecule has 0 aromatic heterocycles.